The maximum Gasteiger partial charge on any atom is 0.137 e. The van der Waals surface area contributed by atoms with Gasteiger partial charge in [0.2, 0.25) is 0 Å². The summed E-state index contributed by atoms with van der Waals surface area (Å²) in [5.74, 6) is 2.76. The fourth-order valence-corrected chi connectivity index (χ4v) is 3.93. The van der Waals surface area contributed by atoms with Crippen molar-refractivity contribution < 1.29 is 4.74 Å². The molecule has 0 aromatic carbocycles. The molecule has 4 rings (SSSR count). The normalized spacial score (nSPS) is 24.0. The minimum atomic E-state index is 0.0986. The van der Waals surface area contributed by atoms with Gasteiger partial charge in [-0.2, -0.15) is 0 Å². The Morgan fingerprint density at radius 3 is 3.12 bits per heavy atom. The van der Waals surface area contributed by atoms with Crippen LogP contribution in [0.1, 0.15) is 49.1 Å². The smallest absolute Gasteiger partial charge is 0.137 e. The lowest BCUT2D eigenvalue weighted by molar-refractivity contribution is -0.0344. The topological polar surface area (TPSA) is 56.9 Å². The molecule has 1 fully saturated rings. The third kappa shape index (κ3) is 3.26. The SMILES string of the molecule is Cn1ccnc1[C@@H]1OCCC[C@H]1CNCc1cn2c(n1)CCCC2. The summed E-state index contributed by atoms with van der Waals surface area (Å²) in [5, 5.41) is 3.60. The van der Waals surface area contributed by atoms with Crippen LogP contribution in [-0.4, -0.2) is 32.3 Å². The molecule has 4 heterocycles. The van der Waals surface area contributed by atoms with E-state index in [2.05, 4.69) is 25.6 Å². The number of ether oxygens (including phenoxy) is 1. The molecule has 6 nitrogen and oxygen atoms in total. The molecule has 2 aliphatic rings. The molecule has 2 aliphatic heterocycles. The Labute approximate surface area is 143 Å². The largest absolute Gasteiger partial charge is 0.370 e. The Morgan fingerprint density at radius 2 is 2.29 bits per heavy atom. The molecule has 2 atom stereocenters. The van der Waals surface area contributed by atoms with E-state index < -0.39 is 0 Å². The van der Waals surface area contributed by atoms with E-state index >= 15 is 0 Å². The molecular formula is C18H27N5O. The second kappa shape index (κ2) is 7.07. The van der Waals surface area contributed by atoms with Gasteiger partial charge in [0.1, 0.15) is 17.8 Å². The molecule has 130 valence electrons. The molecule has 0 radical (unpaired) electrons. The summed E-state index contributed by atoms with van der Waals surface area (Å²) in [6.07, 6.45) is 12.2. The van der Waals surface area contributed by atoms with Gasteiger partial charge in [-0.25, -0.2) is 9.97 Å². The highest BCUT2D eigenvalue weighted by atomic mass is 16.5. The van der Waals surface area contributed by atoms with Gasteiger partial charge in [-0.3, -0.25) is 0 Å². The highest BCUT2D eigenvalue weighted by Gasteiger charge is 2.30. The monoisotopic (exact) mass is 329 g/mol. The number of aryl methyl sites for hydroxylation is 3. The highest BCUT2D eigenvalue weighted by molar-refractivity contribution is 5.06. The number of rotatable bonds is 5. The van der Waals surface area contributed by atoms with Crippen LogP contribution in [0.5, 0.6) is 0 Å². The Morgan fingerprint density at radius 1 is 1.33 bits per heavy atom. The summed E-state index contributed by atoms with van der Waals surface area (Å²) in [7, 11) is 2.04. The van der Waals surface area contributed by atoms with Crippen LogP contribution in [0.3, 0.4) is 0 Å². The molecular weight excluding hydrogens is 302 g/mol. The van der Waals surface area contributed by atoms with E-state index in [1.165, 1.54) is 25.1 Å². The average molecular weight is 329 g/mol. The molecule has 24 heavy (non-hydrogen) atoms. The number of aromatic nitrogens is 4. The maximum absolute atomic E-state index is 6.04. The molecule has 2 aromatic heterocycles. The van der Waals surface area contributed by atoms with Gasteiger partial charge >= 0.3 is 0 Å². The zero-order chi connectivity index (χ0) is 16.4. The van der Waals surface area contributed by atoms with Crippen LogP contribution in [0.15, 0.2) is 18.6 Å². The first kappa shape index (κ1) is 15.8. The van der Waals surface area contributed by atoms with Gasteiger partial charge in [0.15, 0.2) is 0 Å². The second-order valence-corrected chi connectivity index (χ2v) is 7.02. The molecule has 1 saturated heterocycles. The predicted octanol–water partition coefficient (Wildman–Crippen LogP) is 2.21. The van der Waals surface area contributed by atoms with Crippen LogP contribution in [-0.2, 0) is 31.3 Å². The van der Waals surface area contributed by atoms with Crippen molar-refractivity contribution in [3.63, 3.8) is 0 Å². The van der Waals surface area contributed by atoms with Gasteiger partial charge < -0.3 is 19.2 Å². The van der Waals surface area contributed by atoms with Crippen molar-refractivity contribution in [2.45, 2.75) is 51.3 Å². The van der Waals surface area contributed by atoms with E-state index in [9.17, 15) is 0 Å². The molecule has 6 heteroatoms. The van der Waals surface area contributed by atoms with E-state index in [1.807, 2.05) is 19.4 Å². The lowest BCUT2D eigenvalue weighted by Gasteiger charge is -2.31. The van der Waals surface area contributed by atoms with E-state index in [0.29, 0.717) is 5.92 Å². The van der Waals surface area contributed by atoms with Crippen LogP contribution in [0.2, 0.25) is 0 Å². The van der Waals surface area contributed by atoms with E-state index in [-0.39, 0.29) is 6.10 Å². The first-order valence-electron chi connectivity index (χ1n) is 9.16. The summed E-state index contributed by atoms with van der Waals surface area (Å²) >= 11 is 0. The summed E-state index contributed by atoms with van der Waals surface area (Å²) in [5.41, 5.74) is 1.16. The summed E-state index contributed by atoms with van der Waals surface area (Å²) in [6.45, 7) is 3.74. The summed E-state index contributed by atoms with van der Waals surface area (Å²) in [6, 6.07) is 0. The molecule has 0 aliphatic carbocycles. The summed E-state index contributed by atoms with van der Waals surface area (Å²) < 4.78 is 10.4. The molecule has 0 bridgehead atoms. The molecule has 2 aromatic rings. The molecule has 0 unspecified atom stereocenters. The Kier molecular flexibility index (Phi) is 4.67. The van der Waals surface area contributed by atoms with Crippen molar-refractivity contribution in [2.24, 2.45) is 13.0 Å². The van der Waals surface area contributed by atoms with Crippen LogP contribution in [0.4, 0.5) is 0 Å². The van der Waals surface area contributed by atoms with E-state index in [1.54, 1.807) is 0 Å². The Bertz CT molecular complexity index is 653. The number of imidazole rings is 2. The zero-order valence-corrected chi connectivity index (χ0v) is 14.4. The van der Waals surface area contributed by atoms with Crippen LogP contribution in [0.25, 0.3) is 0 Å². The van der Waals surface area contributed by atoms with Crippen molar-refractivity contribution in [3.8, 4) is 0 Å². The van der Waals surface area contributed by atoms with Gasteiger partial charge in [-0.1, -0.05) is 0 Å². The van der Waals surface area contributed by atoms with Crippen molar-refractivity contribution in [1.29, 1.82) is 0 Å². The fourth-order valence-electron chi connectivity index (χ4n) is 3.93. The quantitative estimate of drug-likeness (QED) is 0.914. The van der Waals surface area contributed by atoms with E-state index in [0.717, 1.165) is 50.6 Å². The van der Waals surface area contributed by atoms with Gasteiger partial charge in [-0.05, 0) is 25.7 Å². The lowest BCUT2D eigenvalue weighted by Crippen LogP contribution is -2.33. The minimum Gasteiger partial charge on any atom is -0.370 e. The highest BCUT2D eigenvalue weighted by Crippen LogP contribution is 2.32. The van der Waals surface area contributed by atoms with Crippen LogP contribution < -0.4 is 5.32 Å². The number of hydrogen-bond donors (Lipinski definition) is 1. The van der Waals surface area contributed by atoms with Gasteiger partial charge in [-0.15, -0.1) is 0 Å². The molecule has 1 N–H and O–H groups in total. The first-order chi connectivity index (χ1) is 11.8. The summed E-state index contributed by atoms with van der Waals surface area (Å²) in [4.78, 5) is 9.26. The number of fused-ring (bicyclic) bond motifs is 1. The maximum atomic E-state index is 6.04. The standard InChI is InChI=1S/C18H27N5O/c1-22-9-7-20-18(22)17-14(5-4-10-24-17)11-19-12-15-13-23-8-3-2-6-16(23)21-15/h7,9,13-14,17,19H,2-6,8,10-12H2,1H3/t14-,17+/m0/s1. The van der Waals surface area contributed by atoms with Crippen molar-refractivity contribution >= 4 is 0 Å². The van der Waals surface area contributed by atoms with Crippen molar-refractivity contribution in [2.75, 3.05) is 13.2 Å². The third-order valence-electron chi connectivity index (χ3n) is 5.23. The van der Waals surface area contributed by atoms with Gasteiger partial charge in [0, 0.05) is 64.2 Å². The number of hydrogen-bond acceptors (Lipinski definition) is 4. The molecule has 0 amide bonds. The van der Waals surface area contributed by atoms with Crippen LogP contribution >= 0.6 is 0 Å². The number of nitrogens with one attached hydrogen (secondary N) is 1. The van der Waals surface area contributed by atoms with Crippen molar-refractivity contribution in [3.05, 3.63) is 35.9 Å². The van der Waals surface area contributed by atoms with E-state index in [4.69, 9.17) is 9.72 Å². The average Bonchev–Trinajstić information content (AvgIpc) is 3.21. The third-order valence-corrected chi connectivity index (χ3v) is 5.23. The first-order valence-corrected chi connectivity index (χ1v) is 9.16. The number of nitrogens with zero attached hydrogens (tertiary/aromatic N) is 4. The lowest BCUT2D eigenvalue weighted by atomic mass is 9.93. The second-order valence-electron chi connectivity index (χ2n) is 7.02. The van der Waals surface area contributed by atoms with Crippen LogP contribution in [0, 0.1) is 5.92 Å². The van der Waals surface area contributed by atoms with Crippen molar-refractivity contribution in [1.82, 2.24) is 24.4 Å². The zero-order valence-electron chi connectivity index (χ0n) is 14.4. The predicted molar refractivity (Wildman–Crippen MR) is 91.5 cm³/mol. The Balaban J connectivity index is 1.35. The fraction of sp³-hybridized carbons (Fsp3) is 0.667. The Hall–Kier alpha value is -1.66. The minimum absolute atomic E-state index is 0.0986. The van der Waals surface area contributed by atoms with Gasteiger partial charge in [0.25, 0.3) is 0 Å². The van der Waals surface area contributed by atoms with Gasteiger partial charge in [0.05, 0.1) is 5.69 Å². The molecule has 0 spiro atoms. The molecule has 0 saturated carbocycles.